The quantitative estimate of drug-likeness (QED) is 0.591. The average molecular weight is 299 g/mol. The maximum absolute atomic E-state index is 4.68. The molecule has 1 saturated carbocycles. The Morgan fingerprint density at radius 3 is 2.52 bits per heavy atom. The topological polar surface area (TPSA) is 12.9 Å². The van der Waals surface area contributed by atoms with E-state index in [2.05, 4.69) is 50.3 Å². The van der Waals surface area contributed by atoms with E-state index in [1.165, 1.54) is 48.1 Å². The van der Waals surface area contributed by atoms with Crippen molar-refractivity contribution in [1.82, 2.24) is 4.98 Å². The van der Waals surface area contributed by atoms with Crippen LogP contribution in [0.5, 0.6) is 0 Å². The van der Waals surface area contributed by atoms with Gasteiger partial charge in [0.2, 0.25) is 0 Å². The first-order valence-electron chi connectivity index (χ1n) is 7.75. The molecule has 0 aliphatic heterocycles. The minimum absolute atomic E-state index is 0.723. The summed E-state index contributed by atoms with van der Waals surface area (Å²) in [7, 11) is 0. The lowest BCUT2D eigenvalue weighted by Crippen LogP contribution is -2.05. The third-order valence-corrected chi connectivity index (χ3v) is 5.33. The number of thioether (sulfide) groups is 1. The Morgan fingerprint density at radius 2 is 1.95 bits per heavy atom. The molecular weight excluding hydrogens is 274 g/mol. The smallest absolute Gasteiger partial charge is 0.0666 e. The molecule has 0 atom stereocenters. The summed E-state index contributed by atoms with van der Waals surface area (Å²) >= 11 is 1.66. The fraction of sp³-hybridized carbons (Fsp3) is 0.421. The Bertz CT molecular complexity index is 533. The lowest BCUT2D eigenvalue weighted by atomic mass is 9.85. The van der Waals surface area contributed by atoms with Crippen LogP contribution in [0, 0.1) is 0 Å². The van der Waals surface area contributed by atoms with Crippen molar-refractivity contribution in [3.63, 3.8) is 0 Å². The van der Waals surface area contributed by atoms with Crippen LogP contribution in [0.15, 0.2) is 47.4 Å². The molecule has 0 N–H and O–H groups in total. The van der Waals surface area contributed by atoms with Gasteiger partial charge in [-0.15, -0.1) is 0 Å². The molecule has 1 aromatic rings. The molecule has 0 aromatic carbocycles. The molecule has 0 bridgehead atoms. The van der Waals surface area contributed by atoms with Crippen LogP contribution in [0.1, 0.15) is 63.1 Å². The number of nitrogens with zero attached hydrogens (tertiary/aromatic N) is 1. The summed E-state index contributed by atoms with van der Waals surface area (Å²) < 4.78 is 0. The number of aromatic nitrogens is 1. The second-order valence-corrected chi connectivity index (χ2v) is 7.11. The summed E-state index contributed by atoms with van der Waals surface area (Å²) in [5.41, 5.74) is 3.70. The molecule has 1 aromatic heterocycles. The maximum Gasteiger partial charge on any atom is 0.0666 e. The van der Waals surface area contributed by atoms with Gasteiger partial charge in [-0.3, -0.25) is 4.98 Å². The Hall–Kier alpha value is -1.28. The largest absolute Gasteiger partial charge is 0.256 e. The average Bonchev–Trinajstić information content (AvgIpc) is 2.55. The Kier molecular flexibility index (Phi) is 5.86. The van der Waals surface area contributed by atoms with Crippen LogP contribution in [-0.2, 0) is 0 Å². The standard InChI is InChI=1S/C19H25NS/c1-5-14(2)21-16(4)15(3)19-12-11-18(13-20-19)17-9-7-6-8-10-17/h5,11-13,17H,1-2,6-10H2,3-4H3/b16-15-. The molecule has 1 nitrogen and oxygen atoms in total. The predicted molar refractivity (Wildman–Crippen MR) is 95.3 cm³/mol. The normalized spacial score (nSPS) is 17.2. The first kappa shape index (κ1) is 16.1. The molecule has 0 saturated heterocycles. The van der Waals surface area contributed by atoms with Crippen LogP contribution in [0.25, 0.3) is 5.57 Å². The Balaban J connectivity index is 2.12. The summed E-state index contributed by atoms with van der Waals surface area (Å²) in [5.74, 6) is 0.723. The highest BCUT2D eigenvalue weighted by Crippen LogP contribution is 2.34. The molecule has 0 radical (unpaired) electrons. The van der Waals surface area contributed by atoms with E-state index in [4.69, 9.17) is 0 Å². The lowest BCUT2D eigenvalue weighted by Gasteiger charge is -2.21. The van der Waals surface area contributed by atoms with Crippen LogP contribution in [0.4, 0.5) is 0 Å². The molecule has 0 spiro atoms. The highest BCUT2D eigenvalue weighted by Gasteiger charge is 2.15. The van der Waals surface area contributed by atoms with Gasteiger partial charge in [0.1, 0.15) is 0 Å². The van der Waals surface area contributed by atoms with Crippen molar-refractivity contribution in [2.75, 3.05) is 0 Å². The fourth-order valence-corrected chi connectivity index (χ4v) is 3.53. The van der Waals surface area contributed by atoms with Gasteiger partial charge < -0.3 is 0 Å². The predicted octanol–water partition coefficient (Wildman–Crippen LogP) is 6.31. The number of rotatable bonds is 5. The second kappa shape index (κ2) is 7.65. The van der Waals surface area contributed by atoms with E-state index in [9.17, 15) is 0 Å². The van der Waals surface area contributed by atoms with Crippen molar-refractivity contribution < 1.29 is 0 Å². The SMILES string of the molecule is C=CC(=C)S/C(C)=C(/C)c1ccc(C2CCCCC2)cn1. The molecule has 1 aliphatic rings. The zero-order valence-electron chi connectivity index (χ0n) is 13.2. The highest BCUT2D eigenvalue weighted by atomic mass is 32.2. The van der Waals surface area contributed by atoms with Gasteiger partial charge in [-0.2, -0.15) is 0 Å². The molecule has 1 fully saturated rings. The van der Waals surface area contributed by atoms with Gasteiger partial charge in [-0.1, -0.05) is 56.3 Å². The molecule has 1 aliphatic carbocycles. The molecule has 0 amide bonds. The summed E-state index contributed by atoms with van der Waals surface area (Å²) in [5, 5.41) is 0. The van der Waals surface area contributed by atoms with E-state index in [1.54, 1.807) is 17.8 Å². The van der Waals surface area contributed by atoms with Gasteiger partial charge in [0.15, 0.2) is 0 Å². The van der Waals surface area contributed by atoms with Crippen molar-refractivity contribution in [2.24, 2.45) is 0 Å². The van der Waals surface area contributed by atoms with Crippen molar-refractivity contribution in [1.29, 1.82) is 0 Å². The van der Waals surface area contributed by atoms with Gasteiger partial charge in [-0.05, 0) is 54.7 Å². The molecule has 1 heterocycles. The van der Waals surface area contributed by atoms with Crippen molar-refractivity contribution >= 4 is 17.3 Å². The highest BCUT2D eigenvalue weighted by molar-refractivity contribution is 8.07. The van der Waals surface area contributed by atoms with E-state index >= 15 is 0 Å². The molecule has 2 rings (SSSR count). The lowest BCUT2D eigenvalue weighted by molar-refractivity contribution is 0.443. The Labute approximate surface area is 133 Å². The van der Waals surface area contributed by atoms with Crippen LogP contribution in [0.2, 0.25) is 0 Å². The monoisotopic (exact) mass is 299 g/mol. The van der Waals surface area contributed by atoms with E-state index in [0.29, 0.717) is 0 Å². The minimum atomic E-state index is 0.723. The second-order valence-electron chi connectivity index (χ2n) is 5.77. The maximum atomic E-state index is 4.68. The van der Waals surface area contributed by atoms with E-state index in [-0.39, 0.29) is 0 Å². The van der Waals surface area contributed by atoms with Gasteiger partial charge in [-0.25, -0.2) is 0 Å². The fourth-order valence-electron chi connectivity index (χ4n) is 2.80. The van der Waals surface area contributed by atoms with E-state index in [0.717, 1.165) is 16.5 Å². The Morgan fingerprint density at radius 1 is 1.24 bits per heavy atom. The van der Waals surface area contributed by atoms with Crippen LogP contribution in [-0.4, -0.2) is 4.98 Å². The summed E-state index contributed by atoms with van der Waals surface area (Å²) in [6, 6.07) is 4.43. The van der Waals surface area contributed by atoms with Gasteiger partial charge in [0, 0.05) is 11.1 Å². The van der Waals surface area contributed by atoms with Gasteiger partial charge in [0.05, 0.1) is 5.69 Å². The van der Waals surface area contributed by atoms with E-state index < -0.39 is 0 Å². The van der Waals surface area contributed by atoms with Crippen molar-refractivity contribution in [3.8, 4) is 0 Å². The number of allylic oxidation sites excluding steroid dienone is 3. The third kappa shape index (κ3) is 4.34. The van der Waals surface area contributed by atoms with Crippen molar-refractivity contribution in [2.45, 2.75) is 51.9 Å². The molecule has 2 heteroatoms. The van der Waals surface area contributed by atoms with Crippen LogP contribution >= 0.6 is 11.8 Å². The van der Waals surface area contributed by atoms with E-state index in [1.807, 2.05) is 0 Å². The zero-order chi connectivity index (χ0) is 15.2. The van der Waals surface area contributed by atoms with Gasteiger partial charge >= 0.3 is 0 Å². The van der Waals surface area contributed by atoms with Crippen molar-refractivity contribution in [3.05, 3.63) is 58.6 Å². The molecule has 112 valence electrons. The first-order chi connectivity index (χ1) is 10.1. The first-order valence-corrected chi connectivity index (χ1v) is 8.56. The summed E-state index contributed by atoms with van der Waals surface area (Å²) in [6.45, 7) is 11.9. The molecule has 0 unspecified atom stereocenters. The number of hydrogen-bond acceptors (Lipinski definition) is 2. The summed E-state index contributed by atoms with van der Waals surface area (Å²) in [6.07, 6.45) is 10.6. The zero-order valence-corrected chi connectivity index (χ0v) is 14.0. The minimum Gasteiger partial charge on any atom is -0.256 e. The molecular formula is C19H25NS. The van der Waals surface area contributed by atoms with Crippen LogP contribution in [0.3, 0.4) is 0 Å². The van der Waals surface area contributed by atoms with Crippen LogP contribution < -0.4 is 0 Å². The van der Waals surface area contributed by atoms with Gasteiger partial charge in [0.25, 0.3) is 0 Å². The molecule has 21 heavy (non-hydrogen) atoms. The number of pyridine rings is 1. The number of hydrogen-bond donors (Lipinski definition) is 0. The summed E-state index contributed by atoms with van der Waals surface area (Å²) in [4.78, 5) is 6.89. The third-order valence-electron chi connectivity index (χ3n) is 4.29.